The van der Waals surface area contributed by atoms with Gasteiger partial charge in [0, 0.05) is 29.6 Å². The van der Waals surface area contributed by atoms with Crippen molar-refractivity contribution >= 4 is 11.3 Å². The van der Waals surface area contributed by atoms with E-state index in [1.54, 1.807) is 11.3 Å². The minimum absolute atomic E-state index is 0.695. The van der Waals surface area contributed by atoms with Crippen molar-refractivity contribution in [1.82, 2.24) is 10.3 Å². The molecule has 1 heterocycles. The second-order valence-corrected chi connectivity index (χ2v) is 6.55. The fraction of sp³-hybridized carbons (Fsp3) is 0.389. The highest BCUT2D eigenvalue weighted by Gasteiger charge is 2.17. The lowest BCUT2D eigenvalue weighted by atomic mass is 10.1. The molecule has 1 N–H and O–H groups in total. The summed E-state index contributed by atoms with van der Waals surface area (Å²) in [5, 5.41) is 6.77. The second-order valence-electron chi connectivity index (χ2n) is 5.69. The third kappa shape index (κ3) is 3.73. The molecule has 3 heteroatoms. The van der Waals surface area contributed by atoms with Crippen molar-refractivity contribution in [2.45, 2.75) is 32.1 Å². The molecule has 1 aromatic carbocycles. The molecule has 110 valence electrons. The Morgan fingerprint density at radius 3 is 2.76 bits per heavy atom. The van der Waals surface area contributed by atoms with Crippen LogP contribution in [0.15, 0.2) is 48.0 Å². The van der Waals surface area contributed by atoms with Crippen LogP contribution >= 0.6 is 11.3 Å². The summed E-state index contributed by atoms with van der Waals surface area (Å²) in [6.07, 6.45) is 6.30. The lowest BCUT2D eigenvalue weighted by molar-refractivity contribution is 0.578. The number of rotatable bonds is 6. The number of hydrogen-bond acceptors (Lipinski definition) is 3. The molecular formula is C18H22N2S. The van der Waals surface area contributed by atoms with E-state index in [4.69, 9.17) is 4.98 Å². The van der Waals surface area contributed by atoms with Gasteiger partial charge in [-0.05, 0) is 18.8 Å². The van der Waals surface area contributed by atoms with Crippen LogP contribution in [0.2, 0.25) is 0 Å². The average molecular weight is 298 g/mol. The molecule has 0 amide bonds. The van der Waals surface area contributed by atoms with Crippen molar-refractivity contribution in [2.24, 2.45) is 5.92 Å². The molecule has 1 fully saturated rings. The molecule has 1 aliphatic carbocycles. The third-order valence-corrected chi connectivity index (χ3v) is 5.09. The molecule has 1 saturated carbocycles. The Bertz CT molecular complexity index is 582. The van der Waals surface area contributed by atoms with E-state index in [-0.39, 0.29) is 0 Å². The zero-order valence-electron chi connectivity index (χ0n) is 12.3. The summed E-state index contributed by atoms with van der Waals surface area (Å²) in [5.41, 5.74) is 3.61. The molecule has 0 radical (unpaired) electrons. The van der Waals surface area contributed by atoms with E-state index in [1.807, 2.05) is 6.07 Å². The smallest absolute Gasteiger partial charge is 0.123 e. The normalized spacial score (nSPS) is 15.2. The number of thiazole rings is 1. The van der Waals surface area contributed by atoms with Crippen molar-refractivity contribution in [3.8, 4) is 10.6 Å². The van der Waals surface area contributed by atoms with Crippen LogP contribution in [0.25, 0.3) is 10.6 Å². The number of nitrogens with zero attached hydrogens (tertiary/aromatic N) is 1. The van der Waals surface area contributed by atoms with Gasteiger partial charge in [0.1, 0.15) is 5.01 Å². The average Bonchev–Trinajstić information content (AvgIpc) is 3.20. The zero-order chi connectivity index (χ0) is 14.5. The van der Waals surface area contributed by atoms with Gasteiger partial charge in [-0.25, -0.2) is 4.98 Å². The van der Waals surface area contributed by atoms with Gasteiger partial charge in [-0.3, -0.25) is 0 Å². The first-order valence-corrected chi connectivity index (χ1v) is 8.63. The van der Waals surface area contributed by atoms with E-state index in [2.05, 4.69) is 41.5 Å². The molecule has 21 heavy (non-hydrogen) atoms. The number of hydrogen-bond donors (Lipinski definition) is 1. The highest BCUT2D eigenvalue weighted by atomic mass is 32.1. The van der Waals surface area contributed by atoms with Gasteiger partial charge in [-0.1, -0.05) is 49.8 Å². The van der Waals surface area contributed by atoms with Crippen molar-refractivity contribution in [3.63, 3.8) is 0 Å². The summed E-state index contributed by atoms with van der Waals surface area (Å²) in [6, 6.07) is 10.4. The van der Waals surface area contributed by atoms with Crippen LogP contribution in [-0.2, 0) is 6.42 Å². The molecular weight excluding hydrogens is 276 g/mol. The van der Waals surface area contributed by atoms with Gasteiger partial charge >= 0.3 is 0 Å². The highest BCUT2D eigenvalue weighted by molar-refractivity contribution is 7.13. The predicted molar refractivity (Wildman–Crippen MR) is 90.4 cm³/mol. The first-order valence-electron chi connectivity index (χ1n) is 7.75. The summed E-state index contributed by atoms with van der Waals surface area (Å²) in [4.78, 5) is 4.72. The van der Waals surface area contributed by atoms with E-state index in [9.17, 15) is 0 Å². The number of allylic oxidation sites excluding steroid dienone is 1. The Morgan fingerprint density at radius 2 is 2.00 bits per heavy atom. The summed E-state index contributed by atoms with van der Waals surface area (Å²) < 4.78 is 0. The lowest BCUT2D eigenvalue weighted by Crippen LogP contribution is -2.20. The quantitative estimate of drug-likeness (QED) is 0.840. The molecule has 2 aromatic rings. The van der Waals surface area contributed by atoms with Crippen molar-refractivity contribution < 1.29 is 0 Å². The second kappa shape index (κ2) is 6.90. The van der Waals surface area contributed by atoms with Gasteiger partial charge in [0.05, 0.1) is 5.69 Å². The van der Waals surface area contributed by atoms with Crippen LogP contribution in [0.4, 0.5) is 0 Å². The van der Waals surface area contributed by atoms with E-state index < -0.39 is 0 Å². The zero-order valence-corrected chi connectivity index (χ0v) is 13.2. The van der Waals surface area contributed by atoms with Crippen LogP contribution in [0.1, 0.15) is 31.4 Å². The number of aromatic nitrogens is 1. The first-order chi connectivity index (χ1) is 10.3. The molecule has 2 nitrogen and oxygen atoms in total. The fourth-order valence-corrected chi connectivity index (χ4v) is 3.77. The van der Waals surface area contributed by atoms with Crippen LogP contribution in [0.3, 0.4) is 0 Å². The molecule has 0 spiro atoms. The minimum atomic E-state index is 0.695. The summed E-state index contributed by atoms with van der Waals surface area (Å²) in [5.74, 6) is 0.695. The Hall–Kier alpha value is -1.61. The molecule has 0 aliphatic heterocycles. The lowest BCUT2D eigenvalue weighted by Gasteiger charge is -2.14. The largest absolute Gasteiger partial charge is 0.388 e. The topological polar surface area (TPSA) is 24.9 Å². The van der Waals surface area contributed by atoms with E-state index in [0.29, 0.717) is 5.92 Å². The Morgan fingerprint density at radius 1 is 1.24 bits per heavy atom. The predicted octanol–water partition coefficient (Wildman–Crippen LogP) is 4.65. The summed E-state index contributed by atoms with van der Waals surface area (Å²) in [7, 11) is 0. The summed E-state index contributed by atoms with van der Waals surface area (Å²) >= 11 is 1.73. The van der Waals surface area contributed by atoms with Gasteiger partial charge in [-0.15, -0.1) is 11.3 Å². The molecule has 0 unspecified atom stereocenters. The maximum Gasteiger partial charge on any atom is 0.123 e. The summed E-state index contributed by atoms with van der Waals surface area (Å²) in [6.45, 7) is 5.13. The maximum atomic E-state index is 4.72. The highest BCUT2D eigenvalue weighted by Crippen LogP contribution is 2.29. The van der Waals surface area contributed by atoms with Crippen molar-refractivity contribution in [2.75, 3.05) is 6.54 Å². The van der Waals surface area contributed by atoms with Crippen LogP contribution < -0.4 is 5.32 Å². The van der Waals surface area contributed by atoms with E-state index >= 15 is 0 Å². The third-order valence-electron chi connectivity index (χ3n) is 4.15. The van der Waals surface area contributed by atoms with E-state index in [0.717, 1.165) is 18.0 Å². The standard InChI is InChI=1S/C18H22N2S/c1-14(15-7-5-6-8-15)19-12-11-17-13-21-18(20-17)16-9-3-2-4-10-16/h2-4,9-10,13,15,19H,1,5-8,11-12H2. The maximum absolute atomic E-state index is 4.72. The van der Waals surface area contributed by atoms with Crippen LogP contribution in [0, 0.1) is 5.92 Å². The van der Waals surface area contributed by atoms with Crippen molar-refractivity contribution in [1.29, 1.82) is 0 Å². The molecule has 0 bridgehead atoms. The minimum Gasteiger partial charge on any atom is -0.388 e. The molecule has 0 atom stereocenters. The molecule has 1 aliphatic rings. The van der Waals surface area contributed by atoms with Gasteiger partial charge in [0.15, 0.2) is 0 Å². The Balaban J connectivity index is 1.50. The van der Waals surface area contributed by atoms with Gasteiger partial charge < -0.3 is 5.32 Å². The van der Waals surface area contributed by atoms with Crippen LogP contribution in [0.5, 0.6) is 0 Å². The first kappa shape index (κ1) is 14.3. The van der Waals surface area contributed by atoms with Crippen molar-refractivity contribution in [3.05, 3.63) is 53.7 Å². The van der Waals surface area contributed by atoms with Crippen LogP contribution in [-0.4, -0.2) is 11.5 Å². The monoisotopic (exact) mass is 298 g/mol. The molecule has 3 rings (SSSR count). The molecule has 0 saturated heterocycles. The van der Waals surface area contributed by atoms with Gasteiger partial charge in [0.2, 0.25) is 0 Å². The SMILES string of the molecule is C=C(NCCc1csc(-c2ccccc2)n1)C1CCCC1. The van der Waals surface area contributed by atoms with E-state index in [1.165, 1.54) is 42.6 Å². The molecule has 1 aromatic heterocycles. The number of benzene rings is 1. The number of nitrogens with one attached hydrogen (secondary N) is 1. The Labute approximate surface area is 130 Å². The van der Waals surface area contributed by atoms with Gasteiger partial charge in [-0.2, -0.15) is 0 Å². The van der Waals surface area contributed by atoms with Gasteiger partial charge in [0.25, 0.3) is 0 Å². The fourth-order valence-electron chi connectivity index (χ4n) is 2.90. The Kier molecular flexibility index (Phi) is 4.71.